The van der Waals surface area contributed by atoms with Crippen LogP contribution in [-0.4, -0.2) is 85.3 Å². The molecule has 0 bridgehead atoms. The van der Waals surface area contributed by atoms with Gasteiger partial charge in [-0.1, -0.05) is 13.0 Å². The molecule has 0 spiro atoms. The number of benzene rings is 2. The SMILES string of the molecule is CCCOc1ccc([C@H]2C(=C(O)c3ccc4c(c3)C[C@H](C)O4)C(=O)C(=O)N2CCCN2CCOCC2)cc1OCC. The van der Waals surface area contributed by atoms with Crippen molar-refractivity contribution in [3.63, 3.8) is 0 Å². The number of Topliss-reactive ketones (excluding diaryl/α,β-unsaturated/α-hetero) is 1. The van der Waals surface area contributed by atoms with Gasteiger partial charge >= 0.3 is 0 Å². The van der Waals surface area contributed by atoms with Crippen LogP contribution in [0.5, 0.6) is 17.2 Å². The molecule has 220 valence electrons. The Morgan fingerprint density at radius 3 is 2.59 bits per heavy atom. The fourth-order valence-electron chi connectivity index (χ4n) is 5.77. The summed E-state index contributed by atoms with van der Waals surface area (Å²) in [6.07, 6.45) is 2.30. The van der Waals surface area contributed by atoms with Crippen LogP contribution in [0.3, 0.4) is 0 Å². The Labute approximate surface area is 241 Å². The molecule has 0 saturated carbocycles. The Morgan fingerprint density at radius 1 is 1.02 bits per heavy atom. The maximum Gasteiger partial charge on any atom is 0.295 e. The molecule has 1 amide bonds. The summed E-state index contributed by atoms with van der Waals surface area (Å²) in [5.41, 5.74) is 2.22. The molecule has 5 rings (SSSR count). The van der Waals surface area contributed by atoms with E-state index >= 15 is 0 Å². The molecule has 2 aromatic carbocycles. The van der Waals surface area contributed by atoms with Crippen LogP contribution < -0.4 is 14.2 Å². The van der Waals surface area contributed by atoms with Gasteiger partial charge in [-0.15, -0.1) is 0 Å². The van der Waals surface area contributed by atoms with E-state index in [0.717, 1.165) is 37.4 Å². The molecule has 41 heavy (non-hydrogen) atoms. The van der Waals surface area contributed by atoms with Gasteiger partial charge in [-0.3, -0.25) is 14.5 Å². The first-order valence-electron chi connectivity index (χ1n) is 14.7. The predicted octanol–water partition coefficient (Wildman–Crippen LogP) is 4.34. The number of nitrogens with zero attached hydrogens (tertiary/aromatic N) is 2. The van der Waals surface area contributed by atoms with E-state index in [9.17, 15) is 14.7 Å². The Balaban J connectivity index is 1.52. The van der Waals surface area contributed by atoms with Gasteiger partial charge in [-0.25, -0.2) is 0 Å². The van der Waals surface area contributed by atoms with Gasteiger partial charge in [0.2, 0.25) is 0 Å². The highest BCUT2D eigenvalue weighted by atomic mass is 16.5. The van der Waals surface area contributed by atoms with Crippen molar-refractivity contribution in [3.8, 4) is 17.2 Å². The van der Waals surface area contributed by atoms with Crippen molar-refractivity contribution in [2.75, 3.05) is 52.6 Å². The first kappa shape index (κ1) is 29.0. The summed E-state index contributed by atoms with van der Waals surface area (Å²) in [7, 11) is 0. The molecule has 0 aromatic heterocycles. The van der Waals surface area contributed by atoms with E-state index in [0.29, 0.717) is 68.4 Å². The molecule has 1 N–H and O–H groups in total. The van der Waals surface area contributed by atoms with Gasteiger partial charge < -0.3 is 29.0 Å². The highest BCUT2D eigenvalue weighted by molar-refractivity contribution is 6.46. The first-order chi connectivity index (χ1) is 19.9. The van der Waals surface area contributed by atoms with Crippen molar-refractivity contribution in [2.24, 2.45) is 0 Å². The third-order valence-electron chi connectivity index (χ3n) is 7.73. The van der Waals surface area contributed by atoms with E-state index in [4.69, 9.17) is 18.9 Å². The van der Waals surface area contributed by atoms with Crippen molar-refractivity contribution in [2.45, 2.75) is 52.2 Å². The van der Waals surface area contributed by atoms with Gasteiger partial charge in [0, 0.05) is 38.2 Å². The summed E-state index contributed by atoms with van der Waals surface area (Å²) < 4.78 is 23.1. The minimum atomic E-state index is -0.762. The molecule has 9 nitrogen and oxygen atoms in total. The average Bonchev–Trinajstić information content (AvgIpc) is 3.48. The number of hydrogen-bond acceptors (Lipinski definition) is 8. The molecule has 0 radical (unpaired) electrons. The summed E-state index contributed by atoms with van der Waals surface area (Å²) in [5, 5.41) is 11.6. The van der Waals surface area contributed by atoms with E-state index in [2.05, 4.69) is 4.90 Å². The lowest BCUT2D eigenvalue weighted by molar-refractivity contribution is -0.140. The zero-order valence-electron chi connectivity index (χ0n) is 24.2. The van der Waals surface area contributed by atoms with Crippen LogP contribution in [0.4, 0.5) is 0 Å². The number of carbonyl (C=O) groups is 2. The van der Waals surface area contributed by atoms with Crippen LogP contribution in [0.2, 0.25) is 0 Å². The van der Waals surface area contributed by atoms with Gasteiger partial charge in [0.05, 0.1) is 38.0 Å². The minimum Gasteiger partial charge on any atom is -0.507 e. The second kappa shape index (κ2) is 13.0. The molecule has 2 aromatic rings. The quantitative estimate of drug-likeness (QED) is 0.245. The average molecular weight is 565 g/mol. The number of hydrogen-bond donors (Lipinski definition) is 1. The maximum atomic E-state index is 13.6. The number of morpholine rings is 1. The number of amides is 1. The van der Waals surface area contributed by atoms with Crippen LogP contribution in [0.1, 0.15) is 56.3 Å². The zero-order chi connectivity index (χ0) is 28.9. The van der Waals surface area contributed by atoms with Crippen molar-refractivity contribution < 1.29 is 33.6 Å². The van der Waals surface area contributed by atoms with Crippen LogP contribution in [0.15, 0.2) is 42.0 Å². The van der Waals surface area contributed by atoms with Crippen LogP contribution in [0.25, 0.3) is 5.76 Å². The van der Waals surface area contributed by atoms with Gasteiger partial charge in [-0.05, 0) is 68.1 Å². The van der Waals surface area contributed by atoms with E-state index in [1.165, 1.54) is 0 Å². The maximum absolute atomic E-state index is 13.6. The molecule has 3 heterocycles. The summed E-state index contributed by atoms with van der Waals surface area (Å²) in [4.78, 5) is 30.9. The number of aliphatic hydroxyl groups is 1. The molecule has 0 unspecified atom stereocenters. The van der Waals surface area contributed by atoms with Gasteiger partial charge in [0.1, 0.15) is 17.6 Å². The third kappa shape index (κ3) is 6.21. The number of ether oxygens (including phenoxy) is 4. The summed E-state index contributed by atoms with van der Waals surface area (Å²) >= 11 is 0. The number of likely N-dealkylation sites (tertiary alicyclic amines) is 1. The van der Waals surface area contributed by atoms with Crippen molar-refractivity contribution in [3.05, 3.63) is 58.7 Å². The number of ketones is 1. The fraction of sp³-hybridized carbons (Fsp3) is 0.500. The molecule has 3 aliphatic heterocycles. The third-order valence-corrected chi connectivity index (χ3v) is 7.73. The largest absolute Gasteiger partial charge is 0.507 e. The van der Waals surface area contributed by atoms with Crippen LogP contribution >= 0.6 is 0 Å². The smallest absolute Gasteiger partial charge is 0.295 e. The number of aliphatic hydroxyl groups excluding tert-OH is 1. The van der Waals surface area contributed by atoms with Gasteiger partial charge in [0.15, 0.2) is 11.5 Å². The Morgan fingerprint density at radius 2 is 1.83 bits per heavy atom. The minimum absolute atomic E-state index is 0.0462. The molecular weight excluding hydrogens is 524 g/mol. The van der Waals surface area contributed by atoms with Gasteiger partial charge in [0.25, 0.3) is 11.7 Å². The lowest BCUT2D eigenvalue weighted by Crippen LogP contribution is -2.39. The van der Waals surface area contributed by atoms with Gasteiger partial charge in [-0.2, -0.15) is 0 Å². The van der Waals surface area contributed by atoms with Crippen LogP contribution in [0, 0.1) is 0 Å². The normalized spacial score (nSPS) is 22.1. The molecule has 0 aliphatic carbocycles. The molecule has 2 atom stereocenters. The Bertz CT molecular complexity index is 1300. The van der Waals surface area contributed by atoms with Crippen molar-refractivity contribution in [1.29, 1.82) is 0 Å². The predicted molar refractivity (Wildman–Crippen MR) is 155 cm³/mol. The monoisotopic (exact) mass is 564 g/mol. The Hall–Kier alpha value is -3.56. The summed E-state index contributed by atoms with van der Waals surface area (Å²) in [6.45, 7) is 11.1. The summed E-state index contributed by atoms with van der Waals surface area (Å²) in [5.74, 6) is 0.443. The highest BCUT2D eigenvalue weighted by Gasteiger charge is 2.46. The lowest BCUT2D eigenvalue weighted by Gasteiger charge is -2.29. The molecule has 2 fully saturated rings. The van der Waals surface area contributed by atoms with E-state index in [1.807, 2.05) is 51.1 Å². The fourth-order valence-corrected chi connectivity index (χ4v) is 5.77. The Kier molecular flexibility index (Phi) is 9.15. The first-order valence-corrected chi connectivity index (χ1v) is 14.7. The van der Waals surface area contributed by atoms with Crippen molar-refractivity contribution >= 4 is 17.4 Å². The highest BCUT2D eigenvalue weighted by Crippen LogP contribution is 2.43. The van der Waals surface area contributed by atoms with Crippen LogP contribution in [-0.2, 0) is 20.7 Å². The molecule has 3 aliphatic rings. The molecule has 9 heteroatoms. The second-order valence-electron chi connectivity index (χ2n) is 10.7. The van der Waals surface area contributed by atoms with E-state index in [-0.39, 0.29) is 17.4 Å². The molecular formula is C32H40N2O7. The lowest BCUT2D eigenvalue weighted by atomic mass is 9.94. The van der Waals surface area contributed by atoms with Crippen molar-refractivity contribution in [1.82, 2.24) is 9.80 Å². The topological polar surface area (TPSA) is 97.8 Å². The van der Waals surface area contributed by atoms with E-state index in [1.54, 1.807) is 11.0 Å². The number of fused-ring (bicyclic) bond motifs is 1. The second-order valence-corrected chi connectivity index (χ2v) is 10.7. The molecule has 2 saturated heterocycles. The zero-order valence-corrected chi connectivity index (χ0v) is 24.2. The standard InChI is InChI=1S/C32H40N2O7/c1-4-15-40-26-10-7-22(20-27(26)39-5-2)29-28(30(35)23-8-9-25-24(19-23)18-21(3)41-25)31(36)32(37)34(29)12-6-11-33-13-16-38-17-14-33/h7-10,19-21,29,35H,4-6,11-18H2,1-3H3/t21-,29-/m0/s1. The number of carbonyl (C=O) groups excluding carboxylic acids is 2. The van der Waals surface area contributed by atoms with E-state index < -0.39 is 17.7 Å². The number of rotatable bonds is 11. The summed E-state index contributed by atoms with van der Waals surface area (Å²) in [6, 6.07) is 10.1.